The van der Waals surface area contributed by atoms with Crippen LogP contribution in [0.2, 0.25) is 0 Å². The molecule has 0 bridgehead atoms. The SMILES string of the molecule is NC1CCCc2c1[nH]c1ccc(S(N)(=O)=O)cc21. The summed E-state index contributed by atoms with van der Waals surface area (Å²) in [6.45, 7) is 0. The van der Waals surface area contributed by atoms with Crippen molar-refractivity contribution in [2.24, 2.45) is 10.9 Å². The lowest BCUT2D eigenvalue weighted by Crippen LogP contribution is -2.16. The molecule has 2 aromatic rings. The quantitative estimate of drug-likeness (QED) is 0.720. The molecule has 0 fully saturated rings. The van der Waals surface area contributed by atoms with Gasteiger partial charge in [0.25, 0.3) is 0 Å². The van der Waals surface area contributed by atoms with Gasteiger partial charge in [-0.3, -0.25) is 0 Å². The molecule has 18 heavy (non-hydrogen) atoms. The lowest BCUT2D eigenvalue weighted by molar-refractivity contribution is 0.562. The van der Waals surface area contributed by atoms with E-state index in [0.717, 1.165) is 41.4 Å². The number of hydrogen-bond donors (Lipinski definition) is 3. The molecule has 1 aliphatic carbocycles. The minimum absolute atomic E-state index is 0.0130. The Labute approximate surface area is 105 Å². The van der Waals surface area contributed by atoms with Crippen molar-refractivity contribution < 1.29 is 8.42 Å². The number of hydrogen-bond acceptors (Lipinski definition) is 3. The van der Waals surface area contributed by atoms with E-state index < -0.39 is 10.0 Å². The van der Waals surface area contributed by atoms with Crippen LogP contribution in [0.15, 0.2) is 23.1 Å². The maximum atomic E-state index is 11.4. The van der Waals surface area contributed by atoms with Crippen molar-refractivity contribution in [3.05, 3.63) is 29.5 Å². The Balaban J connectivity index is 2.28. The van der Waals surface area contributed by atoms with Gasteiger partial charge in [-0.05, 0) is 43.0 Å². The van der Waals surface area contributed by atoms with Gasteiger partial charge >= 0.3 is 0 Å². The van der Waals surface area contributed by atoms with Gasteiger partial charge in [-0.25, -0.2) is 13.6 Å². The molecular formula is C12H15N3O2S. The molecule has 1 aliphatic rings. The summed E-state index contributed by atoms with van der Waals surface area (Å²) in [5.41, 5.74) is 9.14. The van der Waals surface area contributed by atoms with Crippen LogP contribution >= 0.6 is 0 Å². The van der Waals surface area contributed by atoms with Gasteiger partial charge in [0.15, 0.2) is 0 Å². The second-order valence-electron chi connectivity index (χ2n) is 4.77. The predicted octanol–water partition coefficient (Wildman–Crippen LogP) is 1.15. The topological polar surface area (TPSA) is 102 Å². The summed E-state index contributed by atoms with van der Waals surface area (Å²) < 4.78 is 22.7. The highest BCUT2D eigenvalue weighted by Gasteiger charge is 2.22. The van der Waals surface area contributed by atoms with E-state index in [9.17, 15) is 8.42 Å². The highest BCUT2D eigenvalue weighted by atomic mass is 32.2. The third kappa shape index (κ3) is 1.73. The molecule has 5 nitrogen and oxygen atoms in total. The standard InChI is InChI=1S/C12H15N3O2S/c13-10-3-1-2-8-9-6-7(18(14,16)17)4-5-11(9)15-12(8)10/h4-6,10,15H,1-3,13H2,(H2,14,16,17). The minimum atomic E-state index is -3.66. The molecule has 96 valence electrons. The van der Waals surface area contributed by atoms with Crippen LogP contribution in [-0.4, -0.2) is 13.4 Å². The number of aromatic amines is 1. The van der Waals surface area contributed by atoms with Gasteiger partial charge in [0.2, 0.25) is 10.0 Å². The number of nitrogens with two attached hydrogens (primary N) is 2. The van der Waals surface area contributed by atoms with Crippen LogP contribution in [0.25, 0.3) is 10.9 Å². The Kier molecular flexibility index (Phi) is 2.48. The van der Waals surface area contributed by atoms with Crippen LogP contribution in [0.3, 0.4) is 0 Å². The first-order chi connectivity index (χ1) is 8.47. The first-order valence-electron chi connectivity index (χ1n) is 5.90. The molecule has 0 aliphatic heterocycles. The smallest absolute Gasteiger partial charge is 0.238 e. The van der Waals surface area contributed by atoms with E-state index in [1.54, 1.807) is 12.1 Å². The van der Waals surface area contributed by atoms with Gasteiger partial charge in [0, 0.05) is 22.6 Å². The normalized spacial score (nSPS) is 20.0. The van der Waals surface area contributed by atoms with E-state index in [2.05, 4.69) is 4.98 Å². The van der Waals surface area contributed by atoms with Crippen LogP contribution in [-0.2, 0) is 16.4 Å². The fraction of sp³-hybridized carbons (Fsp3) is 0.333. The molecule has 0 radical (unpaired) electrons. The maximum Gasteiger partial charge on any atom is 0.238 e. The lowest BCUT2D eigenvalue weighted by Gasteiger charge is -2.18. The molecule has 6 heteroatoms. The average Bonchev–Trinajstić information content (AvgIpc) is 2.67. The number of primary sulfonamides is 1. The molecule has 0 amide bonds. The van der Waals surface area contributed by atoms with Gasteiger partial charge in [-0.2, -0.15) is 0 Å². The van der Waals surface area contributed by atoms with Crippen molar-refractivity contribution in [1.82, 2.24) is 4.98 Å². The molecule has 0 saturated heterocycles. The monoisotopic (exact) mass is 265 g/mol. The summed E-state index contributed by atoms with van der Waals surface area (Å²) in [6.07, 6.45) is 2.92. The van der Waals surface area contributed by atoms with Crippen molar-refractivity contribution in [1.29, 1.82) is 0 Å². The molecule has 1 unspecified atom stereocenters. The zero-order valence-corrected chi connectivity index (χ0v) is 10.6. The second kappa shape index (κ2) is 3.81. The van der Waals surface area contributed by atoms with E-state index in [1.807, 2.05) is 0 Å². The number of aromatic nitrogens is 1. The number of H-pyrrole nitrogens is 1. The fourth-order valence-electron chi connectivity index (χ4n) is 2.65. The summed E-state index contributed by atoms with van der Waals surface area (Å²) in [4.78, 5) is 3.43. The van der Waals surface area contributed by atoms with Crippen LogP contribution in [0, 0.1) is 0 Å². The van der Waals surface area contributed by atoms with Crippen molar-refractivity contribution in [3.63, 3.8) is 0 Å². The summed E-state index contributed by atoms with van der Waals surface area (Å²) >= 11 is 0. The second-order valence-corrected chi connectivity index (χ2v) is 6.33. The molecule has 0 saturated carbocycles. The average molecular weight is 265 g/mol. The summed E-state index contributed by atoms with van der Waals surface area (Å²) in [6, 6.07) is 4.92. The Morgan fingerprint density at radius 2 is 2.11 bits per heavy atom. The fourth-order valence-corrected chi connectivity index (χ4v) is 3.19. The first-order valence-corrected chi connectivity index (χ1v) is 7.44. The molecule has 1 aromatic heterocycles. The van der Waals surface area contributed by atoms with Crippen LogP contribution in [0.1, 0.15) is 30.1 Å². The predicted molar refractivity (Wildman–Crippen MR) is 69.5 cm³/mol. The van der Waals surface area contributed by atoms with Crippen molar-refractivity contribution in [3.8, 4) is 0 Å². The number of nitrogens with one attached hydrogen (secondary N) is 1. The molecule has 5 N–H and O–H groups in total. The van der Waals surface area contributed by atoms with Gasteiger partial charge in [-0.1, -0.05) is 0 Å². The number of fused-ring (bicyclic) bond motifs is 3. The molecule has 1 atom stereocenters. The van der Waals surface area contributed by atoms with Gasteiger partial charge in [0.1, 0.15) is 0 Å². The van der Waals surface area contributed by atoms with Crippen LogP contribution in [0.5, 0.6) is 0 Å². The summed E-state index contributed by atoms with van der Waals surface area (Å²) in [5.74, 6) is 0. The van der Waals surface area contributed by atoms with Gasteiger partial charge < -0.3 is 10.7 Å². The van der Waals surface area contributed by atoms with Gasteiger partial charge in [-0.15, -0.1) is 0 Å². The lowest BCUT2D eigenvalue weighted by atomic mass is 9.92. The number of rotatable bonds is 1. The Morgan fingerprint density at radius 3 is 2.83 bits per heavy atom. The molecule has 1 heterocycles. The van der Waals surface area contributed by atoms with Crippen molar-refractivity contribution >= 4 is 20.9 Å². The van der Waals surface area contributed by atoms with E-state index in [-0.39, 0.29) is 10.9 Å². The maximum absolute atomic E-state index is 11.4. The molecule has 3 rings (SSSR count). The largest absolute Gasteiger partial charge is 0.357 e. The minimum Gasteiger partial charge on any atom is -0.357 e. The van der Waals surface area contributed by atoms with E-state index in [4.69, 9.17) is 10.9 Å². The molecule has 1 aromatic carbocycles. The highest BCUT2D eigenvalue weighted by molar-refractivity contribution is 7.89. The number of aryl methyl sites for hydroxylation is 1. The van der Waals surface area contributed by atoms with Crippen LogP contribution in [0.4, 0.5) is 0 Å². The molecular weight excluding hydrogens is 250 g/mol. The summed E-state index contributed by atoms with van der Waals surface area (Å²) in [5, 5.41) is 6.08. The number of sulfonamides is 1. The third-order valence-electron chi connectivity index (χ3n) is 3.55. The summed E-state index contributed by atoms with van der Waals surface area (Å²) in [7, 11) is -3.66. The third-order valence-corrected chi connectivity index (χ3v) is 4.46. The first kappa shape index (κ1) is 11.7. The number of benzene rings is 1. The van der Waals surface area contributed by atoms with Gasteiger partial charge in [0.05, 0.1) is 4.90 Å². The van der Waals surface area contributed by atoms with E-state index in [0.29, 0.717) is 0 Å². The zero-order valence-electron chi connectivity index (χ0n) is 9.81. The zero-order chi connectivity index (χ0) is 12.9. The van der Waals surface area contributed by atoms with Crippen LogP contribution < -0.4 is 10.9 Å². The highest BCUT2D eigenvalue weighted by Crippen LogP contribution is 2.34. The van der Waals surface area contributed by atoms with Crippen molar-refractivity contribution in [2.45, 2.75) is 30.2 Å². The Bertz CT molecular complexity index is 718. The Morgan fingerprint density at radius 1 is 1.33 bits per heavy atom. The Hall–Kier alpha value is -1.37. The van der Waals surface area contributed by atoms with E-state index >= 15 is 0 Å². The molecule has 0 spiro atoms. The van der Waals surface area contributed by atoms with Crippen molar-refractivity contribution in [2.75, 3.05) is 0 Å². The van der Waals surface area contributed by atoms with E-state index in [1.165, 1.54) is 6.07 Å².